The van der Waals surface area contributed by atoms with Crippen LogP contribution >= 0.6 is 11.3 Å². The lowest BCUT2D eigenvalue weighted by molar-refractivity contribution is -0.138. The minimum atomic E-state index is -1.04. The number of nitrogens with zero attached hydrogens (tertiary/aromatic N) is 4. The summed E-state index contributed by atoms with van der Waals surface area (Å²) in [5.41, 5.74) is 0.954. The van der Waals surface area contributed by atoms with Gasteiger partial charge < -0.3 is 15.3 Å². The summed E-state index contributed by atoms with van der Waals surface area (Å²) in [6.07, 6.45) is 1.58. The zero-order valence-corrected chi connectivity index (χ0v) is 13.3. The molecule has 8 nitrogen and oxygen atoms in total. The molecule has 0 saturated carbocycles. The second-order valence-electron chi connectivity index (χ2n) is 5.27. The lowest BCUT2D eigenvalue weighted by atomic mass is 10.3. The molecule has 23 heavy (non-hydrogen) atoms. The number of fused-ring (bicyclic) bond motifs is 1. The highest BCUT2D eigenvalue weighted by molar-refractivity contribution is 7.17. The largest absolute Gasteiger partial charge is 0.480 e. The van der Waals surface area contributed by atoms with Crippen LogP contribution < -0.4 is 10.2 Å². The van der Waals surface area contributed by atoms with Gasteiger partial charge in [-0.25, -0.2) is 9.97 Å². The maximum Gasteiger partial charge on any atom is 0.322 e. The normalized spacial score (nSPS) is 15.7. The first kappa shape index (κ1) is 15.6. The first-order valence-electron chi connectivity index (χ1n) is 7.27. The van der Waals surface area contributed by atoms with Crippen molar-refractivity contribution in [1.29, 1.82) is 0 Å². The van der Waals surface area contributed by atoms with Crippen LogP contribution in [-0.4, -0.2) is 71.1 Å². The Morgan fingerprint density at radius 1 is 1.26 bits per heavy atom. The van der Waals surface area contributed by atoms with Crippen molar-refractivity contribution < 1.29 is 14.7 Å². The number of anilines is 1. The van der Waals surface area contributed by atoms with E-state index in [4.69, 9.17) is 5.11 Å². The van der Waals surface area contributed by atoms with Crippen LogP contribution in [0.4, 0.5) is 5.82 Å². The third-order valence-corrected chi connectivity index (χ3v) is 4.60. The Morgan fingerprint density at radius 3 is 2.78 bits per heavy atom. The topological polar surface area (TPSA) is 98.7 Å². The Bertz CT molecular complexity index is 711. The van der Waals surface area contributed by atoms with Gasteiger partial charge in [-0.2, -0.15) is 0 Å². The van der Waals surface area contributed by atoms with Gasteiger partial charge in [0.25, 0.3) is 0 Å². The van der Waals surface area contributed by atoms with Gasteiger partial charge in [0.1, 0.15) is 18.7 Å². The number of nitrogens with one attached hydrogen (secondary N) is 1. The number of amides is 1. The number of rotatable bonds is 5. The van der Waals surface area contributed by atoms with Crippen LogP contribution in [0, 0.1) is 0 Å². The summed E-state index contributed by atoms with van der Waals surface area (Å²) in [4.78, 5) is 35.0. The van der Waals surface area contributed by atoms with Crippen molar-refractivity contribution in [2.24, 2.45) is 0 Å². The average Bonchev–Trinajstić information content (AvgIpc) is 3.02. The van der Waals surface area contributed by atoms with E-state index in [1.54, 1.807) is 17.7 Å². The zero-order valence-electron chi connectivity index (χ0n) is 12.4. The number of carbonyl (C=O) groups is 2. The molecule has 3 rings (SSSR count). The number of aromatic nitrogens is 2. The van der Waals surface area contributed by atoms with E-state index in [2.05, 4.69) is 20.2 Å². The third kappa shape index (κ3) is 3.74. The van der Waals surface area contributed by atoms with Crippen molar-refractivity contribution >= 4 is 39.2 Å². The number of hydrogen-bond acceptors (Lipinski definition) is 7. The number of carboxylic acid groups (broad SMARTS) is 1. The second kappa shape index (κ2) is 6.88. The van der Waals surface area contributed by atoms with E-state index in [0.29, 0.717) is 0 Å². The van der Waals surface area contributed by atoms with Crippen LogP contribution in [0.2, 0.25) is 0 Å². The van der Waals surface area contributed by atoms with Crippen molar-refractivity contribution in [3.05, 3.63) is 17.8 Å². The third-order valence-electron chi connectivity index (χ3n) is 3.70. The van der Waals surface area contributed by atoms with Crippen LogP contribution in [0.25, 0.3) is 10.2 Å². The Labute approximate surface area is 136 Å². The number of thiophene rings is 1. The molecule has 2 aromatic heterocycles. The van der Waals surface area contributed by atoms with E-state index in [9.17, 15) is 9.59 Å². The number of aliphatic carboxylic acids is 1. The molecule has 9 heteroatoms. The molecule has 1 aliphatic rings. The fourth-order valence-corrected chi connectivity index (χ4v) is 3.41. The molecule has 1 amide bonds. The highest BCUT2D eigenvalue weighted by Gasteiger charge is 2.21. The lowest BCUT2D eigenvalue weighted by Gasteiger charge is -2.35. The quantitative estimate of drug-likeness (QED) is 0.794. The Hall–Kier alpha value is -2.26. The van der Waals surface area contributed by atoms with Gasteiger partial charge in [-0.3, -0.25) is 14.5 Å². The molecule has 1 fully saturated rings. The molecule has 1 saturated heterocycles. The standard InChI is InChI=1S/C14H17N5O3S/c20-11(15-7-12(21)22)8-18-2-4-19(5-3-18)14-13-10(1-6-23-13)16-9-17-14/h1,6,9H,2-5,7-8H2,(H,15,20)(H,21,22). The number of piperazine rings is 1. The first-order valence-corrected chi connectivity index (χ1v) is 8.15. The summed E-state index contributed by atoms with van der Waals surface area (Å²) in [5.74, 6) is -0.351. The summed E-state index contributed by atoms with van der Waals surface area (Å²) in [7, 11) is 0. The predicted molar refractivity (Wildman–Crippen MR) is 86.7 cm³/mol. The lowest BCUT2D eigenvalue weighted by Crippen LogP contribution is -2.50. The zero-order chi connectivity index (χ0) is 16.2. The van der Waals surface area contributed by atoms with Crippen molar-refractivity contribution in [2.75, 3.05) is 44.2 Å². The highest BCUT2D eigenvalue weighted by Crippen LogP contribution is 2.28. The molecule has 3 heterocycles. The molecule has 0 aliphatic carbocycles. The van der Waals surface area contributed by atoms with Gasteiger partial charge in [0.2, 0.25) is 5.91 Å². The van der Waals surface area contributed by atoms with Crippen LogP contribution in [-0.2, 0) is 9.59 Å². The monoisotopic (exact) mass is 335 g/mol. The van der Waals surface area contributed by atoms with Crippen LogP contribution in [0.15, 0.2) is 17.8 Å². The SMILES string of the molecule is O=C(O)CNC(=O)CN1CCN(c2ncnc3ccsc23)CC1. The van der Waals surface area contributed by atoms with Gasteiger partial charge in [-0.05, 0) is 11.4 Å². The average molecular weight is 335 g/mol. The smallest absolute Gasteiger partial charge is 0.322 e. The van der Waals surface area contributed by atoms with Crippen molar-refractivity contribution in [3.63, 3.8) is 0 Å². The molecule has 0 atom stereocenters. The first-order chi connectivity index (χ1) is 11.1. The Morgan fingerprint density at radius 2 is 2.04 bits per heavy atom. The van der Waals surface area contributed by atoms with E-state index in [0.717, 1.165) is 42.2 Å². The van der Waals surface area contributed by atoms with Crippen LogP contribution in [0.1, 0.15) is 0 Å². The molecular formula is C14H17N5O3S. The molecule has 0 bridgehead atoms. The fraction of sp³-hybridized carbons (Fsp3) is 0.429. The molecule has 0 spiro atoms. The Balaban J connectivity index is 1.55. The summed E-state index contributed by atoms with van der Waals surface area (Å²) < 4.78 is 1.08. The number of carboxylic acids is 1. The molecule has 0 unspecified atom stereocenters. The van der Waals surface area contributed by atoms with Gasteiger partial charge in [0.15, 0.2) is 0 Å². The van der Waals surface area contributed by atoms with Crippen molar-refractivity contribution in [2.45, 2.75) is 0 Å². The maximum atomic E-state index is 11.7. The van der Waals surface area contributed by atoms with Gasteiger partial charge >= 0.3 is 5.97 Å². The van der Waals surface area contributed by atoms with Gasteiger partial charge in [0.05, 0.1) is 16.8 Å². The minimum Gasteiger partial charge on any atom is -0.480 e. The van der Waals surface area contributed by atoms with Crippen molar-refractivity contribution in [1.82, 2.24) is 20.2 Å². The van der Waals surface area contributed by atoms with E-state index >= 15 is 0 Å². The van der Waals surface area contributed by atoms with E-state index in [1.807, 2.05) is 16.3 Å². The highest BCUT2D eigenvalue weighted by atomic mass is 32.1. The van der Waals surface area contributed by atoms with E-state index < -0.39 is 5.97 Å². The molecule has 122 valence electrons. The minimum absolute atomic E-state index is 0.222. The van der Waals surface area contributed by atoms with E-state index in [-0.39, 0.29) is 19.0 Å². The van der Waals surface area contributed by atoms with Crippen LogP contribution in [0.5, 0.6) is 0 Å². The molecule has 1 aliphatic heterocycles. The summed E-state index contributed by atoms with van der Waals surface area (Å²) in [5, 5.41) is 12.9. The summed E-state index contributed by atoms with van der Waals surface area (Å²) in [6, 6.07) is 1.98. The second-order valence-corrected chi connectivity index (χ2v) is 6.18. The van der Waals surface area contributed by atoms with Gasteiger partial charge in [0, 0.05) is 26.2 Å². The number of carbonyl (C=O) groups excluding carboxylic acids is 1. The summed E-state index contributed by atoms with van der Waals surface area (Å²) >= 11 is 1.63. The molecule has 0 radical (unpaired) electrons. The van der Waals surface area contributed by atoms with Crippen LogP contribution in [0.3, 0.4) is 0 Å². The summed E-state index contributed by atoms with van der Waals surface area (Å²) in [6.45, 7) is 2.90. The molecule has 2 N–H and O–H groups in total. The molecular weight excluding hydrogens is 318 g/mol. The van der Waals surface area contributed by atoms with Gasteiger partial charge in [-0.15, -0.1) is 11.3 Å². The number of hydrogen-bond donors (Lipinski definition) is 2. The molecule has 2 aromatic rings. The fourth-order valence-electron chi connectivity index (χ4n) is 2.55. The van der Waals surface area contributed by atoms with E-state index in [1.165, 1.54) is 0 Å². The molecule has 0 aromatic carbocycles. The van der Waals surface area contributed by atoms with Gasteiger partial charge in [-0.1, -0.05) is 0 Å². The Kier molecular flexibility index (Phi) is 4.68. The van der Waals surface area contributed by atoms with Crippen molar-refractivity contribution in [3.8, 4) is 0 Å². The maximum absolute atomic E-state index is 11.7. The predicted octanol–water partition coefficient (Wildman–Crippen LogP) is 0.0141.